The molecule has 1 aromatic heterocycles. The van der Waals surface area contributed by atoms with Crippen molar-refractivity contribution in [2.24, 2.45) is 0 Å². The smallest absolute Gasteiger partial charge is 0.218 e. The summed E-state index contributed by atoms with van der Waals surface area (Å²) in [5.41, 5.74) is 1.96. The minimum absolute atomic E-state index is 0.185. The molecule has 1 aromatic rings. The molecule has 0 bridgehead atoms. The maximum atomic E-state index is 10.0. The first-order chi connectivity index (χ1) is 9.22. The van der Waals surface area contributed by atoms with Crippen molar-refractivity contribution in [1.29, 1.82) is 0 Å². The van der Waals surface area contributed by atoms with Crippen LogP contribution in [0.15, 0.2) is 5.16 Å². The van der Waals surface area contributed by atoms with Gasteiger partial charge < -0.3 is 5.11 Å². The number of aromatic nitrogens is 2. The van der Waals surface area contributed by atoms with E-state index >= 15 is 0 Å². The minimum Gasteiger partial charge on any atom is -0.493 e. The van der Waals surface area contributed by atoms with Crippen LogP contribution in [-0.2, 0) is 12.8 Å². The monoisotopic (exact) mass is 282 g/mol. The summed E-state index contributed by atoms with van der Waals surface area (Å²) in [4.78, 5) is 8.63. The van der Waals surface area contributed by atoms with Gasteiger partial charge in [-0.25, -0.2) is 4.98 Å². The molecular formula is C15H26N2OS. The van der Waals surface area contributed by atoms with Crippen LogP contribution >= 0.6 is 11.8 Å². The molecule has 0 aliphatic heterocycles. The number of hydrogen-bond acceptors (Lipinski definition) is 4. The van der Waals surface area contributed by atoms with Crippen molar-refractivity contribution in [2.75, 3.05) is 6.26 Å². The number of aromatic hydroxyl groups is 1. The molecule has 4 heteroatoms. The fourth-order valence-corrected chi connectivity index (χ4v) is 2.60. The van der Waals surface area contributed by atoms with Crippen molar-refractivity contribution in [3.05, 3.63) is 11.3 Å². The van der Waals surface area contributed by atoms with Crippen LogP contribution in [0.3, 0.4) is 0 Å². The summed E-state index contributed by atoms with van der Waals surface area (Å²) in [6.45, 7) is 4.31. The van der Waals surface area contributed by atoms with Gasteiger partial charge in [0.1, 0.15) is 0 Å². The summed E-state index contributed by atoms with van der Waals surface area (Å²) >= 11 is 1.48. The summed E-state index contributed by atoms with van der Waals surface area (Å²) in [6.07, 6.45) is 11.3. The minimum atomic E-state index is 0.185. The molecule has 0 amide bonds. The third kappa shape index (κ3) is 5.39. The molecule has 19 heavy (non-hydrogen) atoms. The SMILES string of the molecule is CCCCCCCCc1c(O)nc(SC)nc1CC. The van der Waals surface area contributed by atoms with Crippen LogP contribution in [-0.4, -0.2) is 21.3 Å². The fourth-order valence-electron chi connectivity index (χ4n) is 2.22. The van der Waals surface area contributed by atoms with Gasteiger partial charge in [-0.15, -0.1) is 0 Å². The number of hydrogen-bond donors (Lipinski definition) is 1. The molecule has 1 heterocycles. The van der Waals surface area contributed by atoms with E-state index in [1.54, 1.807) is 0 Å². The molecule has 0 spiro atoms. The van der Waals surface area contributed by atoms with Crippen LogP contribution in [0.4, 0.5) is 0 Å². The van der Waals surface area contributed by atoms with Gasteiger partial charge in [0.2, 0.25) is 5.88 Å². The van der Waals surface area contributed by atoms with Crippen LogP contribution < -0.4 is 0 Å². The zero-order chi connectivity index (χ0) is 14.1. The van der Waals surface area contributed by atoms with Crippen molar-refractivity contribution >= 4 is 11.8 Å². The first-order valence-electron chi connectivity index (χ1n) is 7.35. The highest BCUT2D eigenvalue weighted by Gasteiger charge is 2.11. The van der Waals surface area contributed by atoms with E-state index in [0.717, 1.165) is 30.5 Å². The molecule has 0 atom stereocenters. The van der Waals surface area contributed by atoms with Crippen LogP contribution in [0.25, 0.3) is 0 Å². The first-order valence-corrected chi connectivity index (χ1v) is 8.58. The normalized spacial score (nSPS) is 10.9. The average Bonchev–Trinajstić information content (AvgIpc) is 2.43. The van der Waals surface area contributed by atoms with Gasteiger partial charge in [-0.1, -0.05) is 57.7 Å². The van der Waals surface area contributed by atoms with E-state index in [1.165, 1.54) is 43.9 Å². The number of nitrogens with zero attached hydrogens (tertiary/aromatic N) is 2. The summed E-state index contributed by atoms with van der Waals surface area (Å²) in [5.74, 6) is 0.185. The third-order valence-corrected chi connectivity index (χ3v) is 3.90. The maximum absolute atomic E-state index is 10.0. The van der Waals surface area contributed by atoms with Gasteiger partial charge in [-0.2, -0.15) is 4.98 Å². The Morgan fingerprint density at radius 1 is 1.00 bits per heavy atom. The van der Waals surface area contributed by atoms with E-state index in [4.69, 9.17) is 0 Å². The second kappa shape index (κ2) is 9.18. The van der Waals surface area contributed by atoms with E-state index < -0.39 is 0 Å². The Morgan fingerprint density at radius 3 is 2.32 bits per heavy atom. The van der Waals surface area contributed by atoms with E-state index in [-0.39, 0.29) is 5.88 Å². The Balaban J connectivity index is 2.52. The summed E-state index contributed by atoms with van der Waals surface area (Å²) in [5, 5.41) is 10.7. The second-order valence-electron chi connectivity index (χ2n) is 4.83. The standard InChI is InChI=1S/C15H26N2OS/c1-4-6-7-8-9-10-11-12-13(5-2)16-15(19-3)17-14(12)18/h4-11H2,1-3H3,(H,16,17,18). The van der Waals surface area contributed by atoms with Gasteiger partial charge in [0.25, 0.3) is 0 Å². The molecule has 0 aliphatic rings. The van der Waals surface area contributed by atoms with Crippen LogP contribution in [0.5, 0.6) is 5.88 Å². The quantitative estimate of drug-likeness (QED) is 0.415. The average molecular weight is 282 g/mol. The zero-order valence-corrected chi connectivity index (χ0v) is 13.2. The highest BCUT2D eigenvalue weighted by molar-refractivity contribution is 7.98. The molecular weight excluding hydrogens is 256 g/mol. The molecule has 0 aliphatic carbocycles. The van der Waals surface area contributed by atoms with Crippen LogP contribution in [0, 0.1) is 0 Å². The van der Waals surface area contributed by atoms with Crippen molar-refractivity contribution in [3.8, 4) is 5.88 Å². The maximum Gasteiger partial charge on any atom is 0.218 e. The van der Waals surface area contributed by atoms with Gasteiger partial charge in [0.05, 0.1) is 5.69 Å². The molecule has 0 saturated carbocycles. The molecule has 108 valence electrons. The van der Waals surface area contributed by atoms with E-state index in [9.17, 15) is 5.11 Å². The highest BCUT2D eigenvalue weighted by Crippen LogP contribution is 2.24. The molecule has 0 fully saturated rings. The number of aryl methyl sites for hydroxylation is 1. The predicted molar refractivity (Wildman–Crippen MR) is 81.9 cm³/mol. The Morgan fingerprint density at radius 2 is 1.68 bits per heavy atom. The summed E-state index contributed by atoms with van der Waals surface area (Å²) in [7, 11) is 0. The largest absolute Gasteiger partial charge is 0.493 e. The Kier molecular flexibility index (Phi) is 7.87. The van der Waals surface area contributed by atoms with Gasteiger partial charge in [0, 0.05) is 5.56 Å². The van der Waals surface area contributed by atoms with E-state index in [1.807, 2.05) is 6.26 Å². The van der Waals surface area contributed by atoms with Gasteiger partial charge in [-0.05, 0) is 25.5 Å². The van der Waals surface area contributed by atoms with E-state index in [0.29, 0.717) is 5.16 Å². The molecule has 0 aromatic carbocycles. The van der Waals surface area contributed by atoms with Crippen molar-refractivity contribution < 1.29 is 5.11 Å². The van der Waals surface area contributed by atoms with Crippen LogP contribution in [0.2, 0.25) is 0 Å². The third-order valence-electron chi connectivity index (χ3n) is 3.35. The predicted octanol–water partition coefficient (Wildman–Crippen LogP) is 4.37. The van der Waals surface area contributed by atoms with Crippen molar-refractivity contribution in [2.45, 2.75) is 70.4 Å². The van der Waals surface area contributed by atoms with Gasteiger partial charge in [0.15, 0.2) is 5.16 Å². The summed E-state index contributed by atoms with van der Waals surface area (Å²) < 4.78 is 0. The Bertz CT molecular complexity index is 383. The topological polar surface area (TPSA) is 46.0 Å². The van der Waals surface area contributed by atoms with Crippen molar-refractivity contribution in [1.82, 2.24) is 9.97 Å². The fraction of sp³-hybridized carbons (Fsp3) is 0.733. The Labute approximate surface area is 121 Å². The number of unbranched alkanes of at least 4 members (excludes halogenated alkanes) is 5. The lowest BCUT2D eigenvalue weighted by atomic mass is 10.0. The van der Waals surface area contributed by atoms with E-state index in [2.05, 4.69) is 23.8 Å². The lowest BCUT2D eigenvalue weighted by Gasteiger charge is -2.10. The highest BCUT2D eigenvalue weighted by atomic mass is 32.2. The molecule has 0 saturated heterocycles. The molecule has 0 unspecified atom stereocenters. The van der Waals surface area contributed by atoms with Crippen LogP contribution in [0.1, 0.15) is 63.6 Å². The molecule has 1 N–H and O–H groups in total. The molecule has 0 radical (unpaired) electrons. The van der Waals surface area contributed by atoms with Gasteiger partial charge >= 0.3 is 0 Å². The zero-order valence-electron chi connectivity index (χ0n) is 12.4. The number of rotatable bonds is 9. The second-order valence-corrected chi connectivity index (χ2v) is 5.60. The van der Waals surface area contributed by atoms with Gasteiger partial charge in [-0.3, -0.25) is 0 Å². The lowest BCUT2D eigenvalue weighted by Crippen LogP contribution is -2.02. The van der Waals surface area contributed by atoms with Crippen molar-refractivity contribution in [3.63, 3.8) is 0 Å². The number of thioether (sulfide) groups is 1. The summed E-state index contributed by atoms with van der Waals surface area (Å²) in [6, 6.07) is 0. The first kappa shape index (κ1) is 16.3. The lowest BCUT2D eigenvalue weighted by molar-refractivity contribution is 0.433. The Hall–Kier alpha value is -0.770. The molecule has 3 nitrogen and oxygen atoms in total. The molecule has 1 rings (SSSR count).